The van der Waals surface area contributed by atoms with Crippen molar-refractivity contribution >= 4 is 5.97 Å². The summed E-state index contributed by atoms with van der Waals surface area (Å²) in [5, 5.41) is 0. The number of cyclic esters (lactones) is 1. The third-order valence-corrected chi connectivity index (χ3v) is 4.27. The molecule has 1 heterocycles. The molecule has 0 N–H and O–H groups in total. The minimum atomic E-state index is -0.0673. The molecule has 3 nitrogen and oxygen atoms in total. The van der Waals surface area contributed by atoms with Crippen LogP contribution in [0, 0.1) is 11.8 Å². The smallest absolute Gasteiger partial charge is 0.309 e. The molecule has 114 valence electrons. The quantitative estimate of drug-likeness (QED) is 0.794. The average molecular weight is 296 g/mol. The van der Waals surface area contributed by atoms with Gasteiger partial charge in [-0.3, -0.25) is 4.79 Å². The van der Waals surface area contributed by atoms with Crippen LogP contribution in [0.5, 0.6) is 5.75 Å². The fraction of sp³-hybridized carbons (Fsp3) is 0.316. The van der Waals surface area contributed by atoms with Gasteiger partial charge in [0.15, 0.2) is 0 Å². The fourth-order valence-electron chi connectivity index (χ4n) is 2.99. The average Bonchev–Trinajstić information content (AvgIpc) is 2.90. The van der Waals surface area contributed by atoms with Gasteiger partial charge >= 0.3 is 5.97 Å². The summed E-state index contributed by atoms with van der Waals surface area (Å²) < 4.78 is 10.5. The van der Waals surface area contributed by atoms with E-state index < -0.39 is 0 Å². The van der Waals surface area contributed by atoms with E-state index >= 15 is 0 Å². The van der Waals surface area contributed by atoms with Gasteiger partial charge < -0.3 is 9.47 Å². The van der Waals surface area contributed by atoms with Crippen LogP contribution in [0.25, 0.3) is 0 Å². The van der Waals surface area contributed by atoms with Crippen molar-refractivity contribution in [2.75, 3.05) is 13.7 Å². The molecular formula is C19H20O3. The Balaban J connectivity index is 1.70. The van der Waals surface area contributed by atoms with E-state index in [1.807, 2.05) is 30.3 Å². The fourth-order valence-corrected chi connectivity index (χ4v) is 2.99. The SMILES string of the molecule is COc1ccc(C[C@H]2COC(=O)[C@@H]2Cc2ccccc2)cc1. The highest BCUT2D eigenvalue weighted by molar-refractivity contribution is 5.75. The van der Waals surface area contributed by atoms with Crippen molar-refractivity contribution in [1.82, 2.24) is 0 Å². The van der Waals surface area contributed by atoms with E-state index in [-0.39, 0.29) is 17.8 Å². The molecule has 2 aromatic rings. The van der Waals surface area contributed by atoms with Gasteiger partial charge in [0.1, 0.15) is 5.75 Å². The molecule has 1 aliphatic rings. The van der Waals surface area contributed by atoms with Crippen LogP contribution >= 0.6 is 0 Å². The molecule has 0 radical (unpaired) electrons. The Morgan fingerprint density at radius 1 is 1.00 bits per heavy atom. The maximum Gasteiger partial charge on any atom is 0.309 e. The highest BCUT2D eigenvalue weighted by Crippen LogP contribution is 2.29. The van der Waals surface area contributed by atoms with E-state index in [1.165, 1.54) is 11.1 Å². The first kappa shape index (κ1) is 14.6. The largest absolute Gasteiger partial charge is 0.497 e. The Bertz CT molecular complexity index is 619. The van der Waals surface area contributed by atoms with Gasteiger partial charge in [0.25, 0.3) is 0 Å². The zero-order valence-electron chi connectivity index (χ0n) is 12.7. The highest BCUT2D eigenvalue weighted by Gasteiger charge is 2.36. The van der Waals surface area contributed by atoms with Crippen LogP contribution < -0.4 is 4.74 Å². The molecular weight excluding hydrogens is 276 g/mol. The zero-order chi connectivity index (χ0) is 15.4. The molecule has 2 aromatic carbocycles. The normalized spacial score (nSPS) is 20.7. The minimum Gasteiger partial charge on any atom is -0.497 e. The van der Waals surface area contributed by atoms with Crippen molar-refractivity contribution in [3.63, 3.8) is 0 Å². The van der Waals surface area contributed by atoms with E-state index in [1.54, 1.807) is 7.11 Å². The summed E-state index contributed by atoms with van der Waals surface area (Å²) in [5.74, 6) is 0.969. The number of esters is 1. The second kappa shape index (κ2) is 6.65. The summed E-state index contributed by atoms with van der Waals surface area (Å²) >= 11 is 0. The summed E-state index contributed by atoms with van der Waals surface area (Å²) in [6, 6.07) is 18.2. The van der Waals surface area contributed by atoms with Crippen molar-refractivity contribution in [3.8, 4) is 5.75 Å². The first-order chi connectivity index (χ1) is 10.8. The molecule has 0 aliphatic carbocycles. The first-order valence-electron chi connectivity index (χ1n) is 7.60. The van der Waals surface area contributed by atoms with Gasteiger partial charge in [0.2, 0.25) is 0 Å². The topological polar surface area (TPSA) is 35.5 Å². The minimum absolute atomic E-state index is 0.0514. The van der Waals surface area contributed by atoms with Gasteiger partial charge in [-0.15, -0.1) is 0 Å². The molecule has 3 rings (SSSR count). The molecule has 0 aromatic heterocycles. The predicted octanol–water partition coefficient (Wildman–Crippen LogP) is 3.27. The number of carbonyl (C=O) groups excluding carboxylic acids is 1. The predicted molar refractivity (Wildman–Crippen MR) is 84.8 cm³/mol. The molecule has 1 saturated heterocycles. The van der Waals surface area contributed by atoms with Crippen LogP contribution in [0.2, 0.25) is 0 Å². The highest BCUT2D eigenvalue weighted by atomic mass is 16.5. The van der Waals surface area contributed by atoms with Crippen molar-refractivity contribution in [2.24, 2.45) is 11.8 Å². The Morgan fingerprint density at radius 2 is 1.68 bits per heavy atom. The van der Waals surface area contributed by atoms with Crippen LogP contribution in [0.1, 0.15) is 11.1 Å². The first-order valence-corrected chi connectivity index (χ1v) is 7.60. The van der Waals surface area contributed by atoms with Crippen molar-refractivity contribution in [3.05, 3.63) is 65.7 Å². The number of carbonyl (C=O) groups is 1. The Kier molecular flexibility index (Phi) is 4.42. The molecule has 0 spiro atoms. The number of hydrogen-bond donors (Lipinski definition) is 0. The number of hydrogen-bond acceptors (Lipinski definition) is 3. The van der Waals surface area contributed by atoms with Gasteiger partial charge in [0, 0.05) is 5.92 Å². The molecule has 0 amide bonds. The summed E-state index contributed by atoms with van der Waals surface area (Å²) in [5.41, 5.74) is 2.40. The number of benzene rings is 2. The standard InChI is InChI=1S/C19H20O3/c1-21-17-9-7-15(8-10-17)11-16-13-22-19(20)18(16)12-14-5-3-2-4-6-14/h2-10,16,18H,11-13H2,1H3/t16-,18+/m0/s1. The molecule has 0 bridgehead atoms. The van der Waals surface area contributed by atoms with Crippen LogP contribution in [0.4, 0.5) is 0 Å². The maximum atomic E-state index is 12.0. The summed E-state index contributed by atoms with van der Waals surface area (Å²) in [6.07, 6.45) is 1.60. The summed E-state index contributed by atoms with van der Waals surface area (Å²) in [4.78, 5) is 12.0. The summed E-state index contributed by atoms with van der Waals surface area (Å²) in [7, 11) is 1.66. The summed E-state index contributed by atoms with van der Waals surface area (Å²) in [6.45, 7) is 0.516. The monoisotopic (exact) mass is 296 g/mol. The van der Waals surface area contributed by atoms with Gasteiger partial charge in [-0.2, -0.15) is 0 Å². The zero-order valence-corrected chi connectivity index (χ0v) is 12.7. The van der Waals surface area contributed by atoms with Gasteiger partial charge in [-0.1, -0.05) is 42.5 Å². The van der Waals surface area contributed by atoms with Gasteiger partial charge in [-0.05, 0) is 36.1 Å². The molecule has 1 fully saturated rings. The second-order valence-electron chi connectivity index (χ2n) is 5.74. The van der Waals surface area contributed by atoms with E-state index in [0.29, 0.717) is 6.61 Å². The van der Waals surface area contributed by atoms with Crippen molar-refractivity contribution < 1.29 is 14.3 Å². The van der Waals surface area contributed by atoms with E-state index in [4.69, 9.17) is 9.47 Å². The lowest BCUT2D eigenvalue weighted by Gasteiger charge is -2.15. The number of rotatable bonds is 5. The van der Waals surface area contributed by atoms with Crippen molar-refractivity contribution in [2.45, 2.75) is 12.8 Å². The molecule has 3 heteroatoms. The van der Waals surface area contributed by atoms with Gasteiger partial charge in [-0.25, -0.2) is 0 Å². The van der Waals surface area contributed by atoms with Crippen LogP contribution in [0.3, 0.4) is 0 Å². The van der Waals surface area contributed by atoms with E-state index in [0.717, 1.165) is 18.6 Å². The second-order valence-corrected chi connectivity index (χ2v) is 5.74. The third-order valence-electron chi connectivity index (χ3n) is 4.27. The Labute approximate surface area is 130 Å². The Hall–Kier alpha value is -2.29. The van der Waals surface area contributed by atoms with E-state index in [9.17, 15) is 4.79 Å². The number of methoxy groups -OCH3 is 1. The number of ether oxygens (including phenoxy) is 2. The molecule has 0 saturated carbocycles. The maximum absolute atomic E-state index is 12.0. The van der Waals surface area contributed by atoms with Crippen LogP contribution in [-0.2, 0) is 22.4 Å². The lowest BCUT2D eigenvalue weighted by molar-refractivity contribution is -0.141. The molecule has 0 unspecified atom stereocenters. The van der Waals surface area contributed by atoms with Crippen molar-refractivity contribution in [1.29, 1.82) is 0 Å². The third kappa shape index (κ3) is 3.30. The Morgan fingerprint density at radius 3 is 2.36 bits per heavy atom. The lowest BCUT2D eigenvalue weighted by Crippen LogP contribution is -2.20. The van der Waals surface area contributed by atoms with Crippen LogP contribution in [0.15, 0.2) is 54.6 Å². The van der Waals surface area contributed by atoms with Gasteiger partial charge in [0.05, 0.1) is 19.6 Å². The molecule has 2 atom stereocenters. The lowest BCUT2D eigenvalue weighted by atomic mass is 9.85. The molecule has 1 aliphatic heterocycles. The molecule has 22 heavy (non-hydrogen) atoms. The van der Waals surface area contributed by atoms with Crippen LogP contribution in [-0.4, -0.2) is 19.7 Å². The van der Waals surface area contributed by atoms with E-state index in [2.05, 4.69) is 24.3 Å².